The number of halogens is 2. The second-order valence-electron chi connectivity index (χ2n) is 9.16. The van der Waals surface area contributed by atoms with Crippen LogP contribution in [0.2, 0.25) is 10.0 Å². The van der Waals surface area contributed by atoms with Crippen LogP contribution >= 0.6 is 23.2 Å². The smallest absolute Gasteiger partial charge is 0.254 e. The fourth-order valence-corrected chi connectivity index (χ4v) is 5.28. The van der Waals surface area contributed by atoms with Crippen LogP contribution in [-0.2, 0) is 4.79 Å². The highest BCUT2D eigenvalue weighted by molar-refractivity contribution is 6.42. The molecular formula is C29H23Cl2N3O2. The molecule has 2 heterocycles. The van der Waals surface area contributed by atoms with Crippen molar-refractivity contribution < 1.29 is 9.59 Å². The monoisotopic (exact) mass is 515 g/mol. The van der Waals surface area contributed by atoms with Gasteiger partial charge in [0.1, 0.15) is 12.6 Å². The summed E-state index contributed by atoms with van der Waals surface area (Å²) in [6.45, 7) is -0.0257. The van der Waals surface area contributed by atoms with Gasteiger partial charge in [0.05, 0.1) is 27.1 Å². The van der Waals surface area contributed by atoms with Crippen LogP contribution in [0.25, 0.3) is 5.69 Å². The number of benzene rings is 3. The molecule has 1 fully saturated rings. The number of para-hydroxylation sites is 2. The quantitative estimate of drug-likeness (QED) is 0.303. The number of nitrogens with zero attached hydrogens (tertiary/aromatic N) is 3. The van der Waals surface area contributed by atoms with Crippen LogP contribution in [0.4, 0.5) is 5.69 Å². The van der Waals surface area contributed by atoms with E-state index < -0.39 is 0 Å². The normalized spacial score (nSPS) is 16.3. The number of carbonyl (C=O) groups excluding carboxylic acids is 2. The van der Waals surface area contributed by atoms with Gasteiger partial charge < -0.3 is 9.47 Å². The van der Waals surface area contributed by atoms with Gasteiger partial charge in [-0.15, -0.1) is 0 Å². The lowest BCUT2D eigenvalue weighted by atomic mass is 9.97. The Morgan fingerprint density at radius 1 is 0.833 bits per heavy atom. The highest BCUT2D eigenvalue weighted by Gasteiger charge is 2.40. The Bertz CT molecular complexity index is 1460. The van der Waals surface area contributed by atoms with Crippen molar-refractivity contribution in [3.05, 3.63) is 118 Å². The highest BCUT2D eigenvalue weighted by Crippen LogP contribution is 2.42. The molecule has 1 atom stereocenters. The highest BCUT2D eigenvalue weighted by atomic mass is 35.5. The average molecular weight is 516 g/mol. The summed E-state index contributed by atoms with van der Waals surface area (Å²) < 4.78 is 2.14. The Hall–Kier alpha value is -3.54. The van der Waals surface area contributed by atoms with E-state index in [1.807, 2.05) is 77.8 Å². The summed E-state index contributed by atoms with van der Waals surface area (Å²) in [6.07, 6.45) is 3.78. The molecule has 0 unspecified atom stereocenters. The lowest BCUT2D eigenvalue weighted by molar-refractivity contribution is -0.119. The number of amides is 2. The predicted octanol–water partition coefficient (Wildman–Crippen LogP) is 6.52. The van der Waals surface area contributed by atoms with Crippen molar-refractivity contribution >= 4 is 40.7 Å². The van der Waals surface area contributed by atoms with Crippen LogP contribution in [0.3, 0.4) is 0 Å². The third-order valence-corrected chi connectivity index (χ3v) is 7.56. The van der Waals surface area contributed by atoms with Gasteiger partial charge >= 0.3 is 0 Å². The van der Waals surface area contributed by atoms with Crippen LogP contribution < -0.4 is 4.90 Å². The van der Waals surface area contributed by atoms with Crippen LogP contribution in [0.1, 0.15) is 40.5 Å². The van der Waals surface area contributed by atoms with Gasteiger partial charge in [0.25, 0.3) is 5.91 Å². The molecule has 1 aliphatic carbocycles. The van der Waals surface area contributed by atoms with Crippen LogP contribution in [-0.4, -0.2) is 33.9 Å². The minimum atomic E-state index is -0.315. The first-order valence-corrected chi connectivity index (χ1v) is 12.7. The molecule has 5 nitrogen and oxygen atoms in total. The third kappa shape index (κ3) is 3.98. The molecule has 0 radical (unpaired) electrons. The molecule has 0 spiro atoms. The summed E-state index contributed by atoms with van der Waals surface area (Å²) in [5.74, 6) is -0.349. The number of carbonyl (C=O) groups is 2. The lowest BCUT2D eigenvalue weighted by Crippen LogP contribution is -2.47. The molecule has 0 saturated heterocycles. The molecule has 1 aliphatic heterocycles. The first-order chi connectivity index (χ1) is 17.5. The summed E-state index contributed by atoms with van der Waals surface area (Å²) in [5.41, 5.74) is 4.19. The number of hydrogen-bond donors (Lipinski definition) is 0. The molecule has 36 heavy (non-hydrogen) atoms. The number of anilines is 1. The second-order valence-corrected chi connectivity index (χ2v) is 9.98. The molecule has 1 saturated carbocycles. The zero-order chi connectivity index (χ0) is 24.8. The Balaban J connectivity index is 1.40. The number of rotatable bonds is 5. The second kappa shape index (κ2) is 9.16. The van der Waals surface area contributed by atoms with Crippen molar-refractivity contribution in [2.24, 2.45) is 0 Å². The predicted molar refractivity (Wildman–Crippen MR) is 142 cm³/mol. The van der Waals surface area contributed by atoms with Crippen molar-refractivity contribution in [2.75, 3.05) is 11.4 Å². The van der Waals surface area contributed by atoms with E-state index in [0.29, 0.717) is 15.6 Å². The van der Waals surface area contributed by atoms with Gasteiger partial charge in [-0.1, -0.05) is 65.7 Å². The van der Waals surface area contributed by atoms with E-state index in [9.17, 15) is 9.59 Å². The summed E-state index contributed by atoms with van der Waals surface area (Å²) in [5, 5.41) is 0.709. The summed E-state index contributed by atoms with van der Waals surface area (Å²) in [4.78, 5) is 31.2. The average Bonchev–Trinajstić information content (AvgIpc) is 3.63. The molecule has 0 N–H and O–H groups in total. The van der Waals surface area contributed by atoms with Crippen molar-refractivity contribution in [1.82, 2.24) is 9.47 Å². The van der Waals surface area contributed by atoms with Crippen molar-refractivity contribution in [3.8, 4) is 5.69 Å². The van der Waals surface area contributed by atoms with Crippen LogP contribution in [0.15, 0.2) is 91.1 Å². The van der Waals surface area contributed by atoms with Gasteiger partial charge in [-0.05, 0) is 60.9 Å². The maximum Gasteiger partial charge on any atom is 0.254 e. The molecule has 7 heteroatoms. The minimum absolute atomic E-state index is 0.0257. The van der Waals surface area contributed by atoms with E-state index >= 15 is 0 Å². The van der Waals surface area contributed by atoms with Gasteiger partial charge in [-0.2, -0.15) is 0 Å². The van der Waals surface area contributed by atoms with E-state index in [-0.39, 0.29) is 30.4 Å². The zero-order valence-corrected chi connectivity index (χ0v) is 20.9. The molecule has 3 aromatic carbocycles. The van der Waals surface area contributed by atoms with E-state index in [0.717, 1.165) is 35.5 Å². The molecule has 180 valence electrons. The Morgan fingerprint density at radius 3 is 2.28 bits per heavy atom. The van der Waals surface area contributed by atoms with E-state index in [4.69, 9.17) is 23.2 Å². The van der Waals surface area contributed by atoms with E-state index in [2.05, 4.69) is 4.57 Å². The largest absolute Gasteiger partial charge is 0.326 e. The molecule has 0 bridgehead atoms. The molecule has 6 rings (SSSR count). The van der Waals surface area contributed by atoms with E-state index in [1.165, 1.54) is 0 Å². The Labute approximate surface area is 219 Å². The van der Waals surface area contributed by atoms with Crippen molar-refractivity contribution in [2.45, 2.75) is 24.9 Å². The standard InChI is InChI=1S/C29H23Cl2N3O2/c30-22-15-12-20(17-23(22)31)29(36)33(21-13-14-21)18-27(35)34-25-10-5-4-9-24(25)32-16-6-11-26(32)28(34)19-7-2-1-3-8-19/h1-12,15-17,21,28H,13-14,18H2/t28-/m0/s1. The molecular weight excluding hydrogens is 493 g/mol. The lowest BCUT2D eigenvalue weighted by Gasteiger charge is -2.39. The first kappa shape index (κ1) is 22.9. The van der Waals surface area contributed by atoms with Gasteiger partial charge in [-0.25, -0.2) is 0 Å². The molecule has 1 aromatic heterocycles. The Kier molecular flexibility index (Phi) is 5.82. The topological polar surface area (TPSA) is 45.6 Å². The molecule has 4 aromatic rings. The molecule has 2 amide bonds. The third-order valence-electron chi connectivity index (χ3n) is 6.82. The van der Waals surface area contributed by atoms with Crippen molar-refractivity contribution in [1.29, 1.82) is 0 Å². The maximum atomic E-state index is 14.2. The molecule has 2 aliphatic rings. The summed E-state index contributed by atoms with van der Waals surface area (Å²) in [7, 11) is 0. The fourth-order valence-electron chi connectivity index (χ4n) is 4.98. The summed E-state index contributed by atoms with van der Waals surface area (Å²) >= 11 is 12.2. The van der Waals surface area contributed by atoms with Crippen LogP contribution in [0.5, 0.6) is 0 Å². The van der Waals surface area contributed by atoms with Gasteiger partial charge in [0.15, 0.2) is 0 Å². The van der Waals surface area contributed by atoms with Crippen LogP contribution in [0, 0.1) is 0 Å². The first-order valence-electron chi connectivity index (χ1n) is 11.9. The van der Waals surface area contributed by atoms with Gasteiger partial charge in [0.2, 0.25) is 5.91 Å². The number of hydrogen-bond acceptors (Lipinski definition) is 2. The SMILES string of the molecule is O=C(c1ccc(Cl)c(Cl)c1)N(CC(=O)N1c2ccccc2-n2cccc2[C@@H]1c1ccccc1)C1CC1. The van der Waals surface area contributed by atoms with Gasteiger partial charge in [-0.3, -0.25) is 14.5 Å². The zero-order valence-electron chi connectivity index (χ0n) is 19.4. The number of fused-ring (bicyclic) bond motifs is 3. The van der Waals surface area contributed by atoms with E-state index in [1.54, 1.807) is 23.1 Å². The Morgan fingerprint density at radius 2 is 1.56 bits per heavy atom. The van der Waals surface area contributed by atoms with Crippen molar-refractivity contribution in [3.63, 3.8) is 0 Å². The van der Waals surface area contributed by atoms with Gasteiger partial charge in [0, 0.05) is 17.8 Å². The fraction of sp³-hybridized carbons (Fsp3) is 0.172. The summed E-state index contributed by atoms with van der Waals surface area (Å²) in [6, 6.07) is 26.5. The minimum Gasteiger partial charge on any atom is -0.326 e. The number of aromatic nitrogens is 1. The maximum absolute atomic E-state index is 14.2.